The zero-order valence-corrected chi connectivity index (χ0v) is 55.8. The summed E-state index contributed by atoms with van der Waals surface area (Å²) in [6.07, 6.45) is 91.3. The number of unbranched alkanes of at least 4 members (excludes halogenated alkanes) is 58. The van der Waals surface area contributed by atoms with Gasteiger partial charge in [0, 0.05) is 12.8 Å². The predicted molar refractivity (Wildman–Crippen MR) is 361 cm³/mol. The van der Waals surface area contributed by atoms with Gasteiger partial charge in [0.15, 0.2) is 0 Å². The van der Waals surface area contributed by atoms with E-state index in [1.165, 1.54) is 353 Å². The number of carbonyl (C=O) groups excluding carboxylic acids is 2. The summed E-state index contributed by atoms with van der Waals surface area (Å²) in [6.45, 7) is 4.95. The highest BCUT2D eigenvalue weighted by atomic mass is 16.5. The lowest BCUT2D eigenvalue weighted by Gasteiger charge is -2.20. The maximum Gasteiger partial charge on any atom is 0.305 e. The number of amides is 1. The van der Waals surface area contributed by atoms with Crippen molar-refractivity contribution >= 4 is 11.9 Å². The van der Waals surface area contributed by atoms with Crippen LogP contribution >= 0.6 is 0 Å². The summed E-state index contributed by atoms with van der Waals surface area (Å²) in [5.74, 6) is -0.0463. The summed E-state index contributed by atoms with van der Waals surface area (Å²) in [7, 11) is 0. The lowest BCUT2D eigenvalue weighted by molar-refractivity contribution is -0.143. The number of hydrogen-bond donors (Lipinski definition) is 3. The molecule has 486 valence electrons. The molecule has 0 rings (SSSR count). The number of nitrogens with one attached hydrogen (secondary N) is 1. The van der Waals surface area contributed by atoms with Crippen LogP contribution in [0.25, 0.3) is 0 Å². The number of rotatable bonds is 71. The molecule has 0 aliphatic carbocycles. The largest absolute Gasteiger partial charge is 0.466 e. The Balaban J connectivity index is 3.37. The van der Waals surface area contributed by atoms with Crippen molar-refractivity contribution in [3.05, 3.63) is 24.3 Å². The second kappa shape index (κ2) is 71.8. The predicted octanol–water partition coefficient (Wildman–Crippen LogP) is 24.5. The Morgan fingerprint density at radius 3 is 0.866 bits per heavy atom. The van der Waals surface area contributed by atoms with Gasteiger partial charge in [0.25, 0.3) is 0 Å². The quantitative estimate of drug-likeness (QED) is 0.0320. The molecule has 3 N–H and O–H groups in total. The number of aliphatic hydroxyl groups excluding tert-OH is 2. The second-order valence-electron chi connectivity index (χ2n) is 26.0. The number of hydrogen-bond acceptors (Lipinski definition) is 5. The van der Waals surface area contributed by atoms with Crippen LogP contribution in [0.5, 0.6) is 0 Å². The molecular formula is C76H147NO5. The van der Waals surface area contributed by atoms with E-state index in [-0.39, 0.29) is 18.5 Å². The third-order valence-corrected chi connectivity index (χ3v) is 17.7. The molecule has 0 aromatic carbocycles. The molecule has 0 heterocycles. The van der Waals surface area contributed by atoms with Crippen LogP contribution in [0.2, 0.25) is 0 Å². The Hall–Kier alpha value is -1.66. The highest BCUT2D eigenvalue weighted by Crippen LogP contribution is 2.19. The molecule has 1 amide bonds. The van der Waals surface area contributed by atoms with E-state index in [2.05, 4.69) is 31.3 Å². The number of allylic oxidation sites excluding steroid dienone is 3. The van der Waals surface area contributed by atoms with Crippen LogP contribution in [0.4, 0.5) is 0 Å². The zero-order chi connectivity index (χ0) is 59.2. The van der Waals surface area contributed by atoms with Crippen molar-refractivity contribution in [3.63, 3.8) is 0 Å². The van der Waals surface area contributed by atoms with Crippen molar-refractivity contribution in [2.24, 2.45) is 0 Å². The van der Waals surface area contributed by atoms with Crippen molar-refractivity contribution < 1.29 is 24.5 Å². The summed E-state index contributed by atoms with van der Waals surface area (Å²) >= 11 is 0. The fraction of sp³-hybridized carbons (Fsp3) is 0.921. The molecule has 0 aromatic heterocycles. The van der Waals surface area contributed by atoms with Gasteiger partial charge in [-0.15, -0.1) is 0 Å². The summed E-state index contributed by atoms with van der Waals surface area (Å²) in [5.41, 5.74) is 0. The van der Waals surface area contributed by atoms with Gasteiger partial charge in [0.05, 0.1) is 25.4 Å². The van der Waals surface area contributed by atoms with Gasteiger partial charge in [-0.05, 0) is 57.8 Å². The van der Waals surface area contributed by atoms with E-state index < -0.39 is 12.1 Å². The first-order valence-corrected chi connectivity index (χ1v) is 37.6. The number of aliphatic hydroxyl groups is 2. The Morgan fingerprint density at radius 2 is 0.573 bits per heavy atom. The molecule has 6 heteroatoms. The molecule has 0 bridgehead atoms. The summed E-state index contributed by atoms with van der Waals surface area (Å²) in [5, 5.41) is 23.3. The summed E-state index contributed by atoms with van der Waals surface area (Å²) < 4.78 is 5.51. The summed E-state index contributed by atoms with van der Waals surface area (Å²) in [6, 6.07) is -0.627. The third kappa shape index (κ3) is 67.5. The molecule has 82 heavy (non-hydrogen) atoms. The Morgan fingerprint density at radius 1 is 0.329 bits per heavy atom. The van der Waals surface area contributed by atoms with Gasteiger partial charge in [-0.2, -0.15) is 0 Å². The minimum atomic E-state index is -0.844. The lowest BCUT2D eigenvalue weighted by atomic mass is 10.0. The lowest BCUT2D eigenvalue weighted by Crippen LogP contribution is -2.45. The molecule has 0 aromatic rings. The van der Waals surface area contributed by atoms with Crippen LogP contribution in [-0.4, -0.2) is 47.4 Å². The Labute approximate surface area is 513 Å². The number of carbonyl (C=O) groups is 2. The smallest absolute Gasteiger partial charge is 0.305 e. The first kappa shape index (κ1) is 80.3. The molecule has 0 saturated carbocycles. The topological polar surface area (TPSA) is 95.9 Å². The van der Waals surface area contributed by atoms with Crippen molar-refractivity contribution in [1.29, 1.82) is 0 Å². The standard InChI is InChI=1S/C76H147NO5/c1-3-5-7-9-11-13-15-17-19-21-23-30-33-36-40-44-48-52-56-60-64-68-74(79)73(72-78)77-75(80)69-65-61-57-53-49-45-41-37-34-31-28-26-24-25-27-29-32-35-39-43-47-51-55-59-63-67-71-82-76(81)70-66-62-58-54-50-46-42-38-22-20-18-16-14-12-10-8-6-4-2/h20,22,64,68,73-74,78-79H,3-19,21,23-63,65-67,69-72H2,1-2H3,(H,77,80)/b22-20-,68-64+. The first-order chi connectivity index (χ1) is 40.5. The molecule has 0 spiro atoms. The van der Waals surface area contributed by atoms with Gasteiger partial charge < -0.3 is 20.3 Å². The van der Waals surface area contributed by atoms with Crippen LogP contribution in [0.15, 0.2) is 24.3 Å². The van der Waals surface area contributed by atoms with Crippen LogP contribution in [0, 0.1) is 0 Å². The van der Waals surface area contributed by atoms with Crippen molar-refractivity contribution in [2.75, 3.05) is 13.2 Å². The maximum atomic E-state index is 12.5. The van der Waals surface area contributed by atoms with Gasteiger partial charge in [-0.3, -0.25) is 9.59 Å². The van der Waals surface area contributed by atoms with E-state index >= 15 is 0 Å². The molecule has 0 aliphatic rings. The van der Waals surface area contributed by atoms with Crippen LogP contribution in [0.1, 0.15) is 425 Å². The molecule has 2 unspecified atom stereocenters. The van der Waals surface area contributed by atoms with Gasteiger partial charge in [-0.1, -0.05) is 378 Å². The fourth-order valence-electron chi connectivity index (χ4n) is 12.0. The molecule has 0 aliphatic heterocycles. The van der Waals surface area contributed by atoms with E-state index in [1.807, 2.05) is 6.08 Å². The molecule has 6 nitrogen and oxygen atoms in total. The minimum Gasteiger partial charge on any atom is -0.466 e. The van der Waals surface area contributed by atoms with Crippen molar-refractivity contribution in [2.45, 2.75) is 437 Å². The molecule has 2 atom stereocenters. The van der Waals surface area contributed by atoms with Crippen LogP contribution in [0.3, 0.4) is 0 Å². The van der Waals surface area contributed by atoms with E-state index in [9.17, 15) is 19.8 Å². The molecule has 0 radical (unpaired) electrons. The van der Waals surface area contributed by atoms with Crippen molar-refractivity contribution in [1.82, 2.24) is 5.32 Å². The van der Waals surface area contributed by atoms with Gasteiger partial charge in [0.2, 0.25) is 5.91 Å². The maximum absolute atomic E-state index is 12.5. The highest BCUT2D eigenvalue weighted by molar-refractivity contribution is 5.76. The SMILES string of the molecule is CCCCCCCCC/C=C\CCCCCCCCCC(=O)OCCCCCCCCCCCCCCCCCCCCCCCCCCCCC(=O)NC(CO)C(O)/C=C/CCCCCCCCCCCCCCCCCCCCC. The minimum absolute atomic E-state index is 0.0150. The van der Waals surface area contributed by atoms with E-state index in [0.717, 1.165) is 44.9 Å². The van der Waals surface area contributed by atoms with Crippen LogP contribution in [-0.2, 0) is 14.3 Å². The van der Waals surface area contributed by atoms with E-state index in [1.54, 1.807) is 6.08 Å². The normalized spacial score (nSPS) is 12.6. The molecule has 0 fully saturated rings. The van der Waals surface area contributed by atoms with E-state index in [0.29, 0.717) is 19.4 Å². The number of esters is 1. The van der Waals surface area contributed by atoms with Gasteiger partial charge >= 0.3 is 5.97 Å². The molecule has 0 saturated heterocycles. The van der Waals surface area contributed by atoms with E-state index in [4.69, 9.17) is 4.74 Å². The first-order valence-electron chi connectivity index (χ1n) is 37.6. The monoisotopic (exact) mass is 1150 g/mol. The van der Waals surface area contributed by atoms with Crippen molar-refractivity contribution in [3.8, 4) is 0 Å². The summed E-state index contributed by atoms with van der Waals surface area (Å²) in [4.78, 5) is 24.6. The second-order valence-corrected chi connectivity index (χ2v) is 26.0. The zero-order valence-electron chi connectivity index (χ0n) is 55.8. The molecular weight excluding hydrogens is 1010 g/mol. The Bertz CT molecular complexity index is 1280. The average Bonchev–Trinajstić information content (AvgIpc) is 3.48. The highest BCUT2D eigenvalue weighted by Gasteiger charge is 2.18. The average molecular weight is 1160 g/mol. The van der Waals surface area contributed by atoms with Crippen LogP contribution < -0.4 is 5.32 Å². The fourth-order valence-corrected chi connectivity index (χ4v) is 12.0. The Kier molecular flexibility index (Phi) is 70.4. The number of ether oxygens (including phenoxy) is 1. The third-order valence-electron chi connectivity index (χ3n) is 17.7. The van der Waals surface area contributed by atoms with Gasteiger partial charge in [0.1, 0.15) is 0 Å². The van der Waals surface area contributed by atoms with Gasteiger partial charge in [-0.25, -0.2) is 0 Å².